The number of carbonyl (C=O) groups excluding carboxylic acids is 1. The van der Waals surface area contributed by atoms with Crippen LogP contribution in [0, 0.1) is 0 Å². The highest BCUT2D eigenvalue weighted by Crippen LogP contribution is 2.24. The first-order chi connectivity index (χ1) is 11.6. The van der Waals surface area contributed by atoms with Gasteiger partial charge in [0.15, 0.2) is 0 Å². The molecular formula is C17H21ClN4OS. The number of pyridine rings is 1. The molecule has 1 aliphatic rings. The lowest BCUT2D eigenvalue weighted by molar-refractivity contribution is -0.130. The smallest absolute Gasteiger partial charge is 0.219 e. The van der Waals surface area contributed by atoms with Crippen LogP contribution in [0.1, 0.15) is 30.3 Å². The van der Waals surface area contributed by atoms with Gasteiger partial charge >= 0.3 is 0 Å². The van der Waals surface area contributed by atoms with Crippen LogP contribution in [0.15, 0.2) is 30.0 Å². The third-order valence-electron chi connectivity index (χ3n) is 4.46. The number of piperidine rings is 1. The fourth-order valence-corrected chi connectivity index (χ4v) is 3.91. The zero-order chi connectivity index (χ0) is 16.9. The lowest BCUT2D eigenvalue weighted by Gasteiger charge is -2.38. The van der Waals surface area contributed by atoms with Crippen molar-refractivity contribution >= 4 is 28.8 Å². The van der Waals surface area contributed by atoms with E-state index in [1.165, 1.54) is 4.88 Å². The van der Waals surface area contributed by atoms with E-state index in [0.717, 1.165) is 38.2 Å². The zero-order valence-corrected chi connectivity index (χ0v) is 15.3. The molecule has 2 aromatic rings. The Bertz CT molecular complexity index is 671. The van der Waals surface area contributed by atoms with Crippen molar-refractivity contribution in [1.29, 1.82) is 0 Å². The predicted octanol–water partition coefficient (Wildman–Crippen LogP) is 3.20. The van der Waals surface area contributed by atoms with E-state index in [1.807, 2.05) is 28.7 Å². The van der Waals surface area contributed by atoms with Crippen LogP contribution >= 0.6 is 22.9 Å². The standard InChI is InChI=1S/C17H21ClN4OS/c1-13(23)21-7-4-14(5-8-21)22(10-15-9-19-12-24-15)11-17-16(18)3-2-6-20-17/h2-3,6,9,12,14H,4-5,7-8,10-11H2,1H3. The highest BCUT2D eigenvalue weighted by molar-refractivity contribution is 7.09. The van der Waals surface area contributed by atoms with E-state index >= 15 is 0 Å². The Morgan fingerprint density at radius 3 is 2.83 bits per heavy atom. The third kappa shape index (κ3) is 4.32. The molecule has 1 fully saturated rings. The van der Waals surface area contributed by atoms with Gasteiger partial charge in [-0.15, -0.1) is 11.3 Å². The molecule has 0 spiro atoms. The van der Waals surface area contributed by atoms with E-state index in [1.54, 1.807) is 24.5 Å². The average molecular weight is 365 g/mol. The van der Waals surface area contributed by atoms with Gasteiger partial charge in [-0.3, -0.25) is 19.7 Å². The lowest BCUT2D eigenvalue weighted by atomic mass is 10.0. The molecule has 5 nitrogen and oxygen atoms in total. The van der Waals surface area contributed by atoms with Gasteiger partial charge in [0, 0.05) is 56.4 Å². The van der Waals surface area contributed by atoms with E-state index in [4.69, 9.17) is 11.6 Å². The predicted molar refractivity (Wildman–Crippen MR) is 95.9 cm³/mol. The molecule has 0 unspecified atom stereocenters. The van der Waals surface area contributed by atoms with Crippen molar-refractivity contribution in [2.75, 3.05) is 13.1 Å². The second-order valence-corrected chi connectivity index (χ2v) is 7.42. The minimum atomic E-state index is 0.162. The normalized spacial score (nSPS) is 15.9. The number of aromatic nitrogens is 2. The molecule has 0 atom stereocenters. The Labute approximate surface area is 151 Å². The largest absolute Gasteiger partial charge is 0.343 e. The molecule has 1 amide bonds. The quantitative estimate of drug-likeness (QED) is 0.817. The molecule has 3 rings (SSSR count). The highest BCUT2D eigenvalue weighted by Gasteiger charge is 2.26. The number of amides is 1. The summed E-state index contributed by atoms with van der Waals surface area (Å²) in [6, 6.07) is 4.15. The van der Waals surface area contributed by atoms with Gasteiger partial charge in [0.1, 0.15) is 0 Å². The van der Waals surface area contributed by atoms with Crippen LogP contribution in [-0.4, -0.2) is 44.8 Å². The summed E-state index contributed by atoms with van der Waals surface area (Å²) in [6.07, 6.45) is 5.65. The van der Waals surface area contributed by atoms with Gasteiger partial charge < -0.3 is 4.90 Å². The average Bonchev–Trinajstić information content (AvgIpc) is 3.09. The molecular weight excluding hydrogens is 344 g/mol. The Balaban J connectivity index is 1.73. The first kappa shape index (κ1) is 17.3. The van der Waals surface area contributed by atoms with Crippen LogP contribution in [0.2, 0.25) is 5.02 Å². The van der Waals surface area contributed by atoms with Crippen molar-refractivity contribution in [3.8, 4) is 0 Å². The first-order valence-electron chi connectivity index (χ1n) is 8.10. The van der Waals surface area contributed by atoms with E-state index in [0.29, 0.717) is 17.6 Å². The Hall–Kier alpha value is -1.50. The number of nitrogens with zero attached hydrogens (tertiary/aromatic N) is 4. The molecule has 24 heavy (non-hydrogen) atoms. The van der Waals surface area contributed by atoms with E-state index < -0.39 is 0 Å². The SMILES string of the molecule is CC(=O)N1CCC(N(Cc2cncs2)Cc2ncccc2Cl)CC1. The number of hydrogen-bond acceptors (Lipinski definition) is 5. The number of thiazole rings is 1. The molecule has 0 N–H and O–H groups in total. The van der Waals surface area contributed by atoms with Crippen LogP contribution in [0.25, 0.3) is 0 Å². The number of likely N-dealkylation sites (tertiary alicyclic amines) is 1. The summed E-state index contributed by atoms with van der Waals surface area (Å²) in [5.41, 5.74) is 2.76. The summed E-state index contributed by atoms with van der Waals surface area (Å²) in [5, 5.41) is 0.702. The number of hydrogen-bond donors (Lipinski definition) is 0. The topological polar surface area (TPSA) is 49.3 Å². The Morgan fingerprint density at radius 2 is 2.21 bits per heavy atom. The van der Waals surface area contributed by atoms with Gasteiger partial charge in [-0.25, -0.2) is 0 Å². The van der Waals surface area contributed by atoms with Gasteiger partial charge in [0.2, 0.25) is 5.91 Å². The van der Waals surface area contributed by atoms with Crippen LogP contribution in [0.5, 0.6) is 0 Å². The van der Waals surface area contributed by atoms with Crippen molar-refractivity contribution in [3.05, 3.63) is 45.6 Å². The van der Waals surface area contributed by atoms with Crippen molar-refractivity contribution in [2.24, 2.45) is 0 Å². The second kappa shape index (κ2) is 8.05. The lowest BCUT2D eigenvalue weighted by Crippen LogP contribution is -2.45. The summed E-state index contributed by atoms with van der Waals surface area (Å²) in [6.45, 7) is 4.82. The summed E-state index contributed by atoms with van der Waals surface area (Å²) in [4.78, 5) is 25.7. The van der Waals surface area contributed by atoms with E-state index in [2.05, 4.69) is 14.9 Å². The molecule has 3 heterocycles. The monoisotopic (exact) mass is 364 g/mol. The highest BCUT2D eigenvalue weighted by atomic mass is 35.5. The molecule has 0 bridgehead atoms. The Morgan fingerprint density at radius 1 is 1.42 bits per heavy atom. The zero-order valence-electron chi connectivity index (χ0n) is 13.7. The van der Waals surface area contributed by atoms with Crippen molar-refractivity contribution in [3.63, 3.8) is 0 Å². The molecule has 0 aromatic carbocycles. The minimum absolute atomic E-state index is 0.162. The van der Waals surface area contributed by atoms with Gasteiger partial charge in [0.05, 0.1) is 16.2 Å². The van der Waals surface area contributed by atoms with Crippen LogP contribution < -0.4 is 0 Å². The van der Waals surface area contributed by atoms with Crippen molar-refractivity contribution < 1.29 is 4.79 Å². The summed E-state index contributed by atoms with van der Waals surface area (Å²) in [5.74, 6) is 0.162. The Kier molecular flexibility index (Phi) is 5.81. The maximum absolute atomic E-state index is 11.5. The van der Waals surface area contributed by atoms with Crippen LogP contribution in [0.4, 0.5) is 0 Å². The summed E-state index contributed by atoms with van der Waals surface area (Å²) < 4.78 is 0. The maximum Gasteiger partial charge on any atom is 0.219 e. The van der Waals surface area contributed by atoms with Crippen molar-refractivity contribution in [1.82, 2.24) is 19.8 Å². The molecule has 2 aromatic heterocycles. The third-order valence-corrected chi connectivity index (χ3v) is 5.56. The summed E-state index contributed by atoms with van der Waals surface area (Å²) in [7, 11) is 0. The molecule has 0 aliphatic carbocycles. The minimum Gasteiger partial charge on any atom is -0.343 e. The number of carbonyl (C=O) groups is 1. The van der Waals surface area contributed by atoms with Crippen LogP contribution in [0.3, 0.4) is 0 Å². The molecule has 128 valence electrons. The summed E-state index contributed by atoms with van der Waals surface area (Å²) >= 11 is 7.97. The van der Waals surface area contributed by atoms with Gasteiger partial charge in [0.25, 0.3) is 0 Å². The maximum atomic E-state index is 11.5. The fourth-order valence-electron chi connectivity index (χ4n) is 3.11. The van der Waals surface area contributed by atoms with Gasteiger partial charge in [-0.2, -0.15) is 0 Å². The molecule has 0 saturated carbocycles. The molecule has 0 radical (unpaired) electrons. The molecule has 1 saturated heterocycles. The number of halogens is 1. The van der Waals surface area contributed by atoms with Crippen molar-refractivity contribution in [2.45, 2.75) is 38.9 Å². The fraction of sp³-hybridized carbons (Fsp3) is 0.471. The van der Waals surface area contributed by atoms with Crippen LogP contribution in [-0.2, 0) is 17.9 Å². The second-order valence-electron chi connectivity index (χ2n) is 6.04. The number of rotatable bonds is 5. The molecule has 1 aliphatic heterocycles. The first-order valence-corrected chi connectivity index (χ1v) is 9.35. The molecule has 7 heteroatoms. The van der Waals surface area contributed by atoms with Gasteiger partial charge in [-0.1, -0.05) is 11.6 Å². The van der Waals surface area contributed by atoms with E-state index in [9.17, 15) is 4.79 Å². The van der Waals surface area contributed by atoms with E-state index in [-0.39, 0.29) is 5.91 Å². The van der Waals surface area contributed by atoms with Gasteiger partial charge in [-0.05, 0) is 25.0 Å².